The fourth-order valence-corrected chi connectivity index (χ4v) is 2.59. The Morgan fingerprint density at radius 1 is 1.21 bits per heavy atom. The number of aromatic nitrogens is 1. The summed E-state index contributed by atoms with van der Waals surface area (Å²) >= 11 is 0. The molecule has 0 amide bonds. The molecule has 2 aromatic rings. The topological polar surface area (TPSA) is 34.2 Å². The zero-order valence-electron chi connectivity index (χ0n) is 11.9. The predicted molar refractivity (Wildman–Crippen MR) is 79.2 cm³/mol. The summed E-state index contributed by atoms with van der Waals surface area (Å²) in [5.74, 6) is 0. The highest BCUT2D eigenvalue weighted by Gasteiger charge is 2.22. The molecule has 2 atom stereocenters. The number of nitrogens with zero attached hydrogens (tertiary/aromatic N) is 1. The number of ether oxygens (including phenoxy) is 1. The number of likely N-dealkylation sites (N-methyl/N-ethyl adjacent to an activating group) is 1. The Balaban J connectivity index is 2.49. The maximum atomic E-state index is 5.63. The number of hydrogen-bond donors (Lipinski definition) is 1. The van der Waals surface area contributed by atoms with E-state index in [-0.39, 0.29) is 12.1 Å². The molecule has 2 rings (SSSR count). The highest BCUT2D eigenvalue weighted by molar-refractivity contribution is 5.85. The lowest BCUT2D eigenvalue weighted by Gasteiger charge is -2.27. The number of pyridine rings is 1. The zero-order valence-corrected chi connectivity index (χ0v) is 11.9. The lowest BCUT2D eigenvalue weighted by atomic mass is 9.96. The normalized spacial score (nSPS) is 14.5. The summed E-state index contributed by atoms with van der Waals surface area (Å²) in [5, 5.41) is 5.95. The van der Waals surface area contributed by atoms with Crippen molar-refractivity contribution in [2.24, 2.45) is 0 Å². The van der Waals surface area contributed by atoms with Crippen LogP contribution in [0.15, 0.2) is 36.7 Å². The number of methoxy groups -OCH3 is 1. The molecule has 0 bridgehead atoms. The summed E-state index contributed by atoms with van der Waals surface area (Å²) in [5.41, 5.74) is 1.22. The van der Waals surface area contributed by atoms with Crippen LogP contribution < -0.4 is 5.32 Å². The molecule has 0 aliphatic heterocycles. The quantitative estimate of drug-likeness (QED) is 0.863. The van der Waals surface area contributed by atoms with Gasteiger partial charge in [0.25, 0.3) is 0 Å². The van der Waals surface area contributed by atoms with E-state index < -0.39 is 0 Å². The lowest BCUT2D eigenvalue weighted by molar-refractivity contribution is 0.0659. The maximum Gasteiger partial charge on any atom is 0.0764 e. The molecule has 0 saturated heterocycles. The first-order chi connectivity index (χ1) is 9.31. The van der Waals surface area contributed by atoms with E-state index in [4.69, 9.17) is 4.74 Å². The van der Waals surface area contributed by atoms with Crippen molar-refractivity contribution in [3.8, 4) is 0 Å². The Hall–Kier alpha value is -1.45. The van der Waals surface area contributed by atoms with Crippen molar-refractivity contribution in [3.05, 3.63) is 42.2 Å². The molecule has 0 aliphatic rings. The second-order valence-corrected chi connectivity index (χ2v) is 4.67. The average molecular weight is 258 g/mol. The van der Waals surface area contributed by atoms with Gasteiger partial charge in [0.15, 0.2) is 0 Å². The number of fused-ring (bicyclic) bond motifs is 1. The molecular formula is C16H22N2O. The monoisotopic (exact) mass is 258 g/mol. The standard InChI is InChI=1S/C16H22N2O/c1-4-15(19-3)16(18-5-2)14-11-17-10-12-8-6-7-9-13(12)14/h6-11,15-16,18H,4-5H2,1-3H3. The molecule has 0 aliphatic carbocycles. The van der Waals surface area contributed by atoms with Crippen LogP contribution in [0, 0.1) is 0 Å². The van der Waals surface area contributed by atoms with Gasteiger partial charge < -0.3 is 10.1 Å². The number of rotatable bonds is 6. The summed E-state index contributed by atoms with van der Waals surface area (Å²) in [7, 11) is 1.77. The molecule has 1 aromatic carbocycles. The van der Waals surface area contributed by atoms with Gasteiger partial charge in [0, 0.05) is 24.9 Å². The first-order valence-electron chi connectivity index (χ1n) is 6.90. The van der Waals surface area contributed by atoms with E-state index >= 15 is 0 Å². The van der Waals surface area contributed by atoms with Crippen LogP contribution in [-0.4, -0.2) is 24.7 Å². The second kappa shape index (κ2) is 6.64. The highest BCUT2D eigenvalue weighted by atomic mass is 16.5. The zero-order chi connectivity index (χ0) is 13.7. The first kappa shape index (κ1) is 14.0. The summed E-state index contributed by atoms with van der Waals surface area (Å²) in [6, 6.07) is 8.55. The van der Waals surface area contributed by atoms with Crippen molar-refractivity contribution in [2.45, 2.75) is 32.4 Å². The van der Waals surface area contributed by atoms with Crippen LogP contribution in [0.1, 0.15) is 31.9 Å². The average Bonchev–Trinajstić information content (AvgIpc) is 2.47. The van der Waals surface area contributed by atoms with Crippen LogP contribution in [0.4, 0.5) is 0 Å². The minimum atomic E-state index is 0.160. The summed E-state index contributed by atoms with van der Waals surface area (Å²) in [4.78, 5) is 4.37. The SMILES string of the molecule is CCNC(c1cncc2ccccc12)C(CC)OC. The van der Waals surface area contributed by atoms with E-state index in [2.05, 4.69) is 42.3 Å². The Morgan fingerprint density at radius 2 is 2.00 bits per heavy atom. The van der Waals surface area contributed by atoms with Crippen molar-refractivity contribution in [2.75, 3.05) is 13.7 Å². The third kappa shape index (κ3) is 2.94. The van der Waals surface area contributed by atoms with Gasteiger partial charge in [-0.15, -0.1) is 0 Å². The largest absolute Gasteiger partial charge is 0.379 e. The van der Waals surface area contributed by atoms with Gasteiger partial charge >= 0.3 is 0 Å². The lowest BCUT2D eigenvalue weighted by Crippen LogP contribution is -2.33. The number of hydrogen-bond acceptors (Lipinski definition) is 3. The van der Waals surface area contributed by atoms with E-state index in [1.165, 1.54) is 16.3 Å². The maximum absolute atomic E-state index is 5.63. The van der Waals surface area contributed by atoms with Gasteiger partial charge in [0.05, 0.1) is 12.1 Å². The Labute approximate surface area is 115 Å². The van der Waals surface area contributed by atoms with E-state index in [0.29, 0.717) is 0 Å². The van der Waals surface area contributed by atoms with Gasteiger partial charge in [0.1, 0.15) is 0 Å². The fraction of sp³-hybridized carbons (Fsp3) is 0.438. The van der Waals surface area contributed by atoms with Gasteiger partial charge in [0.2, 0.25) is 0 Å². The van der Waals surface area contributed by atoms with E-state index in [9.17, 15) is 0 Å². The van der Waals surface area contributed by atoms with Crippen molar-refractivity contribution >= 4 is 10.8 Å². The smallest absolute Gasteiger partial charge is 0.0764 e. The summed E-state index contributed by atoms with van der Waals surface area (Å²) in [6.07, 6.45) is 5.00. The van der Waals surface area contributed by atoms with Crippen LogP contribution in [0.5, 0.6) is 0 Å². The van der Waals surface area contributed by atoms with Gasteiger partial charge in [-0.25, -0.2) is 0 Å². The van der Waals surface area contributed by atoms with Gasteiger partial charge in [-0.1, -0.05) is 38.1 Å². The number of nitrogens with one attached hydrogen (secondary N) is 1. The van der Waals surface area contributed by atoms with Crippen LogP contribution in [0.25, 0.3) is 10.8 Å². The molecule has 0 fully saturated rings. The van der Waals surface area contributed by atoms with Crippen molar-refractivity contribution in [1.82, 2.24) is 10.3 Å². The molecule has 1 N–H and O–H groups in total. The van der Waals surface area contributed by atoms with Crippen LogP contribution >= 0.6 is 0 Å². The molecule has 0 saturated carbocycles. The van der Waals surface area contributed by atoms with E-state index in [1.54, 1.807) is 7.11 Å². The van der Waals surface area contributed by atoms with E-state index in [1.807, 2.05) is 18.5 Å². The molecule has 3 nitrogen and oxygen atoms in total. The second-order valence-electron chi connectivity index (χ2n) is 4.67. The molecule has 0 radical (unpaired) electrons. The predicted octanol–water partition coefficient (Wildman–Crippen LogP) is 3.31. The molecule has 1 heterocycles. The highest BCUT2D eigenvalue weighted by Crippen LogP contribution is 2.27. The van der Waals surface area contributed by atoms with Crippen LogP contribution in [0.3, 0.4) is 0 Å². The molecular weight excluding hydrogens is 236 g/mol. The summed E-state index contributed by atoms with van der Waals surface area (Å²) < 4.78 is 5.63. The molecule has 2 unspecified atom stereocenters. The van der Waals surface area contributed by atoms with Gasteiger partial charge in [-0.2, -0.15) is 0 Å². The van der Waals surface area contributed by atoms with Crippen molar-refractivity contribution in [3.63, 3.8) is 0 Å². The van der Waals surface area contributed by atoms with E-state index in [0.717, 1.165) is 13.0 Å². The first-order valence-corrected chi connectivity index (χ1v) is 6.90. The molecule has 102 valence electrons. The fourth-order valence-electron chi connectivity index (χ4n) is 2.59. The molecule has 0 spiro atoms. The molecule has 3 heteroatoms. The third-order valence-electron chi connectivity index (χ3n) is 3.54. The minimum absolute atomic E-state index is 0.160. The van der Waals surface area contributed by atoms with Crippen molar-refractivity contribution in [1.29, 1.82) is 0 Å². The van der Waals surface area contributed by atoms with Crippen molar-refractivity contribution < 1.29 is 4.74 Å². The van der Waals surface area contributed by atoms with Gasteiger partial charge in [-0.05, 0) is 23.9 Å². The minimum Gasteiger partial charge on any atom is -0.379 e. The van der Waals surface area contributed by atoms with Gasteiger partial charge in [-0.3, -0.25) is 4.98 Å². The Kier molecular flexibility index (Phi) is 4.88. The Morgan fingerprint density at radius 3 is 2.68 bits per heavy atom. The number of benzene rings is 1. The molecule has 1 aromatic heterocycles. The molecule has 19 heavy (non-hydrogen) atoms. The Bertz CT molecular complexity index is 518. The van der Waals surface area contributed by atoms with Crippen LogP contribution in [-0.2, 0) is 4.74 Å². The third-order valence-corrected chi connectivity index (χ3v) is 3.54. The summed E-state index contributed by atoms with van der Waals surface area (Å²) in [6.45, 7) is 5.18. The van der Waals surface area contributed by atoms with Crippen LogP contribution in [0.2, 0.25) is 0 Å².